The average Bonchev–Trinajstić information content (AvgIpc) is 2.23. The van der Waals surface area contributed by atoms with Crippen LogP contribution >= 0.6 is 27.5 Å². The molecule has 15 heavy (non-hydrogen) atoms. The number of anilines is 1. The van der Waals surface area contributed by atoms with E-state index < -0.39 is 0 Å². The lowest BCUT2D eigenvalue weighted by Gasteiger charge is -2.15. The molecular formula is C11H12BrClN2. The summed E-state index contributed by atoms with van der Waals surface area (Å²) in [7, 11) is 0. The molecule has 1 rings (SSSR count). The minimum atomic E-state index is 0.197. The van der Waals surface area contributed by atoms with Crippen LogP contribution in [0.25, 0.3) is 0 Å². The average molecular weight is 288 g/mol. The van der Waals surface area contributed by atoms with Crippen molar-refractivity contribution < 1.29 is 0 Å². The molecule has 0 heterocycles. The number of hydrogen-bond acceptors (Lipinski definition) is 2. The van der Waals surface area contributed by atoms with E-state index in [-0.39, 0.29) is 6.04 Å². The van der Waals surface area contributed by atoms with Crippen molar-refractivity contribution in [2.75, 3.05) is 5.32 Å². The minimum Gasteiger partial charge on any atom is -0.381 e. The SMILES string of the molecule is CCC(CC#N)Nc1ccc(Cl)c(Br)c1. The number of halogens is 2. The lowest BCUT2D eigenvalue weighted by atomic mass is 10.1. The van der Waals surface area contributed by atoms with Gasteiger partial charge in [0.15, 0.2) is 0 Å². The van der Waals surface area contributed by atoms with Crippen LogP contribution in [0.3, 0.4) is 0 Å². The topological polar surface area (TPSA) is 35.8 Å². The van der Waals surface area contributed by atoms with Gasteiger partial charge >= 0.3 is 0 Å². The number of nitriles is 1. The molecule has 1 unspecified atom stereocenters. The molecule has 0 aliphatic heterocycles. The van der Waals surface area contributed by atoms with Crippen LogP contribution in [0, 0.1) is 11.3 Å². The van der Waals surface area contributed by atoms with E-state index in [0.29, 0.717) is 11.4 Å². The Hall–Kier alpha value is -0.720. The fraction of sp³-hybridized carbons (Fsp3) is 0.364. The van der Waals surface area contributed by atoms with E-state index in [1.807, 2.05) is 18.2 Å². The zero-order valence-electron chi connectivity index (χ0n) is 8.43. The molecule has 2 nitrogen and oxygen atoms in total. The number of hydrogen-bond donors (Lipinski definition) is 1. The summed E-state index contributed by atoms with van der Waals surface area (Å²) >= 11 is 9.25. The number of rotatable bonds is 4. The molecule has 0 spiro atoms. The molecule has 0 radical (unpaired) electrons. The van der Waals surface area contributed by atoms with Crippen molar-refractivity contribution in [1.82, 2.24) is 0 Å². The lowest BCUT2D eigenvalue weighted by molar-refractivity contribution is 0.711. The zero-order chi connectivity index (χ0) is 11.3. The molecule has 1 N–H and O–H groups in total. The summed E-state index contributed by atoms with van der Waals surface area (Å²) in [4.78, 5) is 0. The van der Waals surface area contributed by atoms with Gasteiger partial charge in [0.25, 0.3) is 0 Å². The van der Waals surface area contributed by atoms with Gasteiger partial charge in [-0.05, 0) is 40.5 Å². The van der Waals surface area contributed by atoms with Crippen molar-refractivity contribution in [2.45, 2.75) is 25.8 Å². The van der Waals surface area contributed by atoms with Crippen LogP contribution in [-0.2, 0) is 0 Å². The van der Waals surface area contributed by atoms with Gasteiger partial charge in [-0.25, -0.2) is 0 Å². The molecule has 0 amide bonds. The standard InChI is InChI=1S/C11H12BrClN2/c1-2-8(5-6-14)15-9-3-4-11(13)10(12)7-9/h3-4,7-8,15H,2,5H2,1H3. The second kappa shape index (κ2) is 5.99. The van der Waals surface area contributed by atoms with E-state index >= 15 is 0 Å². The Balaban J connectivity index is 2.71. The second-order valence-corrected chi connectivity index (χ2v) is 4.50. The van der Waals surface area contributed by atoms with Crippen LogP contribution in [0.2, 0.25) is 5.02 Å². The van der Waals surface area contributed by atoms with Crippen molar-refractivity contribution in [2.24, 2.45) is 0 Å². The molecule has 0 fully saturated rings. The van der Waals surface area contributed by atoms with Gasteiger partial charge in [0.05, 0.1) is 17.5 Å². The summed E-state index contributed by atoms with van der Waals surface area (Å²) < 4.78 is 0.862. The van der Waals surface area contributed by atoms with Gasteiger partial charge in [0.2, 0.25) is 0 Å². The third-order valence-electron chi connectivity index (χ3n) is 2.12. The molecule has 0 saturated carbocycles. The van der Waals surface area contributed by atoms with Gasteiger partial charge in [-0.15, -0.1) is 0 Å². The molecule has 0 aromatic heterocycles. The Morgan fingerprint density at radius 3 is 2.87 bits per heavy atom. The van der Waals surface area contributed by atoms with Crippen molar-refractivity contribution >= 4 is 33.2 Å². The smallest absolute Gasteiger partial charge is 0.0643 e. The first kappa shape index (κ1) is 12.4. The molecule has 0 bridgehead atoms. The summed E-state index contributed by atoms with van der Waals surface area (Å²) in [6.45, 7) is 2.06. The molecule has 0 aliphatic carbocycles. The van der Waals surface area contributed by atoms with Gasteiger partial charge in [-0.2, -0.15) is 5.26 Å². The zero-order valence-corrected chi connectivity index (χ0v) is 10.8. The summed E-state index contributed by atoms with van der Waals surface area (Å²) in [5.74, 6) is 0. The normalized spacial score (nSPS) is 11.9. The fourth-order valence-corrected chi connectivity index (χ4v) is 1.73. The molecule has 0 saturated heterocycles. The Morgan fingerprint density at radius 1 is 1.60 bits per heavy atom. The summed E-state index contributed by atoms with van der Waals surface area (Å²) in [5.41, 5.74) is 0.980. The third kappa shape index (κ3) is 3.73. The van der Waals surface area contributed by atoms with E-state index in [2.05, 4.69) is 34.2 Å². The van der Waals surface area contributed by atoms with Crippen molar-refractivity contribution in [3.8, 4) is 6.07 Å². The maximum absolute atomic E-state index is 8.62. The summed E-state index contributed by atoms with van der Waals surface area (Å²) in [6, 6.07) is 8.02. The van der Waals surface area contributed by atoms with E-state index in [1.165, 1.54) is 0 Å². The van der Waals surface area contributed by atoms with Crippen LogP contribution < -0.4 is 5.32 Å². The van der Waals surface area contributed by atoms with Crippen LogP contribution in [-0.4, -0.2) is 6.04 Å². The van der Waals surface area contributed by atoms with E-state index in [1.54, 1.807) is 0 Å². The molecule has 80 valence electrons. The quantitative estimate of drug-likeness (QED) is 0.900. The van der Waals surface area contributed by atoms with Crippen LogP contribution in [0.15, 0.2) is 22.7 Å². The van der Waals surface area contributed by atoms with Crippen molar-refractivity contribution in [3.63, 3.8) is 0 Å². The highest BCUT2D eigenvalue weighted by Crippen LogP contribution is 2.26. The van der Waals surface area contributed by atoms with Gasteiger partial charge in [0, 0.05) is 16.2 Å². The monoisotopic (exact) mass is 286 g/mol. The van der Waals surface area contributed by atoms with E-state index in [0.717, 1.165) is 16.6 Å². The van der Waals surface area contributed by atoms with Gasteiger partial charge in [-0.3, -0.25) is 0 Å². The Labute approximate surface area is 103 Å². The molecule has 1 aromatic rings. The first-order chi connectivity index (χ1) is 7.17. The highest BCUT2D eigenvalue weighted by atomic mass is 79.9. The maximum atomic E-state index is 8.62. The highest BCUT2D eigenvalue weighted by molar-refractivity contribution is 9.10. The summed E-state index contributed by atoms with van der Waals surface area (Å²) in [6.07, 6.45) is 1.44. The molecular weight excluding hydrogens is 275 g/mol. The number of nitrogens with one attached hydrogen (secondary N) is 1. The minimum absolute atomic E-state index is 0.197. The van der Waals surface area contributed by atoms with Crippen LogP contribution in [0.1, 0.15) is 19.8 Å². The van der Waals surface area contributed by atoms with Crippen molar-refractivity contribution in [3.05, 3.63) is 27.7 Å². The second-order valence-electron chi connectivity index (χ2n) is 3.24. The predicted molar refractivity (Wildman–Crippen MR) is 67.1 cm³/mol. The molecule has 4 heteroatoms. The fourth-order valence-electron chi connectivity index (χ4n) is 1.23. The first-order valence-electron chi connectivity index (χ1n) is 4.76. The van der Waals surface area contributed by atoms with Gasteiger partial charge < -0.3 is 5.32 Å². The van der Waals surface area contributed by atoms with Crippen LogP contribution in [0.4, 0.5) is 5.69 Å². The Bertz CT molecular complexity index is 373. The molecule has 1 aromatic carbocycles. The largest absolute Gasteiger partial charge is 0.381 e. The van der Waals surface area contributed by atoms with Gasteiger partial charge in [0.1, 0.15) is 0 Å². The third-order valence-corrected chi connectivity index (χ3v) is 3.33. The maximum Gasteiger partial charge on any atom is 0.0643 e. The van der Waals surface area contributed by atoms with E-state index in [4.69, 9.17) is 16.9 Å². The van der Waals surface area contributed by atoms with Gasteiger partial charge in [-0.1, -0.05) is 18.5 Å². The molecule has 1 atom stereocenters. The highest BCUT2D eigenvalue weighted by Gasteiger charge is 2.06. The Kier molecular flexibility index (Phi) is 4.93. The van der Waals surface area contributed by atoms with E-state index in [9.17, 15) is 0 Å². The van der Waals surface area contributed by atoms with Crippen molar-refractivity contribution in [1.29, 1.82) is 5.26 Å². The van der Waals surface area contributed by atoms with Crippen LogP contribution in [0.5, 0.6) is 0 Å². The number of benzene rings is 1. The lowest BCUT2D eigenvalue weighted by Crippen LogP contribution is -2.17. The molecule has 0 aliphatic rings. The first-order valence-corrected chi connectivity index (χ1v) is 5.93. The number of nitrogens with zero attached hydrogens (tertiary/aromatic N) is 1. The predicted octanol–water partition coefficient (Wildman–Crippen LogP) is 4.21. The Morgan fingerprint density at radius 2 is 2.33 bits per heavy atom. The summed E-state index contributed by atoms with van der Waals surface area (Å²) in [5, 5.41) is 12.6.